The number of halogens is 1. The highest BCUT2D eigenvalue weighted by atomic mass is 79.9. The van der Waals surface area contributed by atoms with Crippen molar-refractivity contribution in [2.24, 2.45) is 0 Å². The molecule has 0 radical (unpaired) electrons. The Balaban J connectivity index is 1.82. The Kier molecular flexibility index (Phi) is 3.79. The van der Waals surface area contributed by atoms with E-state index in [2.05, 4.69) is 42.5 Å². The fourth-order valence-electron chi connectivity index (χ4n) is 3.06. The molecule has 0 spiro atoms. The molecule has 1 N–H and O–H groups in total. The molecule has 23 heavy (non-hydrogen) atoms. The average molecular weight is 373 g/mol. The maximum atomic E-state index is 9.86. The van der Waals surface area contributed by atoms with E-state index in [4.69, 9.17) is 4.98 Å². The molecule has 1 fully saturated rings. The van der Waals surface area contributed by atoms with Gasteiger partial charge in [0.05, 0.1) is 18.2 Å². The van der Waals surface area contributed by atoms with Gasteiger partial charge < -0.3 is 14.6 Å². The van der Waals surface area contributed by atoms with Crippen LogP contribution in [0.1, 0.15) is 12.0 Å². The van der Waals surface area contributed by atoms with Gasteiger partial charge in [0.15, 0.2) is 5.65 Å². The van der Waals surface area contributed by atoms with Gasteiger partial charge in [0, 0.05) is 23.8 Å². The Morgan fingerprint density at radius 2 is 2.09 bits per heavy atom. The van der Waals surface area contributed by atoms with Gasteiger partial charge in [-0.3, -0.25) is 0 Å². The maximum absolute atomic E-state index is 9.86. The first-order valence-electron chi connectivity index (χ1n) is 7.69. The molecule has 1 aromatic carbocycles. The van der Waals surface area contributed by atoms with E-state index in [1.807, 2.05) is 24.3 Å². The number of imidazole rings is 1. The van der Waals surface area contributed by atoms with E-state index in [0.29, 0.717) is 6.54 Å². The number of nitrogens with zero attached hydrogens (tertiary/aromatic N) is 4. The third-order valence-corrected chi connectivity index (χ3v) is 4.62. The summed E-state index contributed by atoms with van der Waals surface area (Å²) in [6, 6.07) is 12.4. The highest BCUT2D eigenvalue weighted by Gasteiger charge is 2.25. The smallest absolute Gasteiger partial charge is 0.208 e. The van der Waals surface area contributed by atoms with Crippen molar-refractivity contribution in [2.45, 2.75) is 19.1 Å². The van der Waals surface area contributed by atoms with Gasteiger partial charge in [-0.1, -0.05) is 30.3 Å². The summed E-state index contributed by atoms with van der Waals surface area (Å²) < 4.78 is 3.12. The van der Waals surface area contributed by atoms with Crippen LogP contribution in [0.25, 0.3) is 11.2 Å². The molecule has 3 heterocycles. The number of fused-ring (bicyclic) bond motifs is 1. The topological polar surface area (TPSA) is 54.2 Å². The molecule has 1 aliphatic rings. The van der Waals surface area contributed by atoms with Crippen LogP contribution < -0.4 is 4.90 Å². The number of β-amino-alcohol motifs (C(OH)–C–C–N with tert-alkyl or cyclic N) is 1. The van der Waals surface area contributed by atoms with Gasteiger partial charge in [-0.05, 0) is 34.0 Å². The maximum Gasteiger partial charge on any atom is 0.208 e. The molecule has 1 aliphatic heterocycles. The molecule has 0 unspecified atom stereocenters. The second-order valence-electron chi connectivity index (χ2n) is 5.87. The lowest BCUT2D eigenvalue weighted by molar-refractivity contribution is 0.198. The first-order chi connectivity index (χ1) is 11.2. The van der Waals surface area contributed by atoms with Crippen LogP contribution in [0.3, 0.4) is 0 Å². The zero-order valence-corrected chi connectivity index (χ0v) is 14.1. The van der Waals surface area contributed by atoms with Gasteiger partial charge in [0.25, 0.3) is 0 Å². The minimum atomic E-state index is -0.278. The third-order valence-electron chi connectivity index (χ3n) is 4.18. The van der Waals surface area contributed by atoms with Gasteiger partial charge in [0.1, 0.15) is 0 Å². The molecule has 0 aliphatic carbocycles. The number of aromatic nitrogens is 3. The average Bonchev–Trinajstić information content (AvgIpc) is 3.13. The van der Waals surface area contributed by atoms with E-state index in [-0.39, 0.29) is 6.10 Å². The number of rotatable bonds is 3. The van der Waals surface area contributed by atoms with Crippen LogP contribution >= 0.6 is 15.9 Å². The molecule has 118 valence electrons. The number of anilines is 1. The quantitative estimate of drug-likeness (QED) is 0.767. The highest BCUT2D eigenvalue weighted by Crippen LogP contribution is 2.27. The summed E-state index contributed by atoms with van der Waals surface area (Å²) in [6.07, 6.45) is 2.27. The molecule has 0 amide bonds. The van der Waals surface area contributed by atoms with E-state index in [1.165, 1.54) is 5.56 Å². The molecule has 1 atom stereocenters. The summed E-state index contributed by atoms with van der Waals surface area (Å²) in [6.45, 7) is 2.18. The first kappa shape index (κ1) is 14.7. The zero-order chi connectivity index (χ0) is 15.8. The van der Waals surface area contributed by atoms with E-state index in [0.717, 1.165) is 41.1 Å². The van der Waals surface area contributed by atoms with Crippen molar-refractivity contribution in [2.75, 3.05) is 18.0 Å². The van der Waals surface area contributed by atoms with E-state index < -0.39 is 0 Å². The van der Waals surface area contributed by atoms with Crippen LogP contribution in [-0.4, -0.2) is 38.8 Å². The number of benzene rings is 1. The predicted octanol–water partition coefficient (Wildman–Crippen LogP) is 2.81. The van der Waals surface area contributed by atoms with Crippen molar-refractivity contribution in [3.63, 3.8) is 0 Å². The fraction of sp³-hybridized carbons (Fsp3) is 0.294. The minimum Gasteiger partial charge on any atom is -0.391 e. The molecule has 1 saturated heterocycles. The predicted molar refractivity (Wildman–Crippen MR) is 93.6 cm³/mol. The Hall–Kier alpha value is -1.92. The summed E-state index contributed by atoms with van der Waals surface area (Å²) >= 11 is 3.50. The van der Waals surface area contributed by atoms with Crippen LogP contribution in [0.5, 0.6) is 0 Å². The van der Waals surface area contributed by atoms with Crippen molar-refractivity contribution in [1.29, 1.82) is 0 Å². The number of hydrogen-bond acceptors (Lipinski definition) is 4. The monoisotopic (exact) mass is 372 g/mol. The Bertz CT molecular complexity index is 833. The summed E-state index contributed by atoms with van der Waals surface area (Å²) in [4.78, 5) is 11.3. The lowest BCUT2D eigenvalue weighted by atomic mass is 10.2. The molecule has 0 saturated carbocycles. The van der Waals surface area contributed by atoms with Crippen LogP contribution in [0.4, 0.5) is 5.95 Å². The molecule has 4 rings (SSSR count). The zero-order valence-electron chi connectivity index (χ0n) is 12.6. The van der Waals surface area contributed by atoms with Crippen molar-refractivity contribution in [3.05, 3.63) is 52.6 Å². The van der Waals surface area contributed by atoms with Gasteiger partial charge >= 0.3 is 0 Å². The Morgan fingerprint density at radius 1 is 1.26 bits per heavy atom. The lowest BCUT2D eigenvalue weighted by Crippen LogP contribution is -2.25. The largest absolute Gasteiger partial charge is 0.391 e. The van der Waals surface area contributed by atoms with Crippen molar-refractivity contribution in [1.82, 2.24) is 14.5 Å². The van der Waals surface area contributed by atoms with Crippen LogP contribution in [0.2, 0.25) is 0 Å². The number of aliphatic hydroxyl groups excluding tert-OH is 1. The molecule has 3 aromatic rings. The van der Waals surface area contributed by atoms with Crippen LogP contribution in [-0.2, 0) is 6.54 Å². The Morgan fingerprint density at radius 3 is 2.83 bits per heavy atom. The molecular formula is C17H17BrN4O. The Labute approximate surface area is 142 Å². The second kappa shape index (κ2) is 5.94. The van der Waals surface area contributed by atoms with Gasteiger partial charge in [0.2, 0.25) is 5.95 Å². The summed E-state index contributed by atoms with van der Waals surface area (Å²) in [5.74, 6) is 0.881. The summed E-state index contributed by atoms with van der Waals surface area (Å²) in [7, 11) is 0. The van der Waals surface area contributed by atoms with Crippen molar-refractivity contribution in [3.8, 4) is 0 Å². The third kappa shape index (κ3) is 2.84. The van der Waals surface area contributed by atoms with E-state index in [9.17, 15) is 5.11 Å². The number of pyridine rings is 1. The number of aliphatic hydroxyl groups is 1. The van der Waals surface area contributed by atoms with Crippen LogP contribution in [0, 0.1) is 0 Å². The summed E-state index contributed by atoms with van der Waals surface area (Å²) in [5.41, 5.74) is 2.95. The molecule has 2 aromatic heterocycles. The molecular weight excluding hydrogens is 356 g/mol. The molecule has 6 heteroatoms. The highest BCUT2D eigenvalue weighted by molar-refractivity contribution is 9.10. The second-order valence-corrected chi connectivity index (χ2v) is 6.78. The standard InChI is InChI=1S/C17H17BrN4O/c18-13-8-15-16(19-9-13)20-17(21-7-6-14(23)11-21)22(15)10-12-4-2-1-3-5-12/h1-5,8-9,14,23H,6-7,10-11H2/t14-/m0/s1. The van der Waals surface area contributed by atoms with E-state index >= 15 is 0 Å². The van der Waals surface area contributed by atoms with Gasteiger partial charge in [-0.15, -0.1) is 0 Å². The van der Waals surface area contributed by atoms with Gasteiger partial charge in [-0.25, -0.2) is 4.98 Å². The lowest BCUT2D eigenvalue weighted by Gasteiger charge is -2.19. The molecule has 5 nitrogen and oxygen atoms in total. The van der Waals surface area contributed by atoms with Crippen molar-refractivity contribution < 1.29 is 5.11 Å². The SMILES string of the molecule is O[C@H]1CCN(c2nc3ncc(Br)cc3n2Cc2ccccc2)C1. The number of hydrogen-bond donors (Lipinski definition) is 1. The molecule has 0 bridgehead atoms. The fourth-order valence-corrected chi connectivity index (χ4v) is 3.37. The normalized spacial score (nSPS) is 18.0. The van der Waals surface area contributed by atoms with Gasteiger partial charge in [-0.2, -0.15) is 4.98 Å². The van der Waals surface area contributed by atoms with Crippen LogP contribution in [0.15, 0.2) is 47.1 Å². The minimum absolute atomic E-state index is 0.278. The van der Waals surface area contributed by atoms with E-state index in [1.54, 1.807) is 6.20 Å². The first-order valence-corrected chi connectivity index (χ1v) is 8.49. The van der Waals surface area contributed by atoms with Crippen molar-refractivity contribution >= 4 is 33.0 Å². The summed E-state index contributed by atoms with van der Waals surface area (Å²) in [5, 5.41) is 9.86.